The minimum absolute atomic E-state index is 0.0160. The van der Waals surface area contributed by atoms with Crippen molar-refractivity contribution in [3.63, 3.8) is 0 Å². The number of nitrogens with zero attached hydrogens (tertiary/aromatic N) is 4. The van der Waals surface area contributed by atoms with E-state index in [0.717, 1.165) is 49.1 Å². The maximum atomic E-state index is 5.78. The van der Waals surface area contributed by atoms with Gasteiger partial charge in [-0.05, 0) is 50.3 Å². The molecule has 154 valence electrons. The SMILES string of the molecule is CC[NH+]1CC[NH+]([C@@H](c2cccc(OC)c2OC)c2nnnn2C(C)(C)C)CC1. The molecule has 3 rings (SSSR count). The highest BCUT2D eigenvalue weighted by Gasteiger charge is 2.39. The number of nitrogens with one attached hydrogen (secondary N) is 2. The summed E-state index contributed by atoms with van der Waals surface area (Å²) in [6.45, 7) is 14.2. The van der Waals surface area contributed by atoms with E-state index in [4.69, 9.17) is 9.47 Å². The molecule has 1 saturated heterocycles. The highest BCUT2D eigenvalue weighted by Crippen LogP contribution is 2.36. The van der Waals surface area contributed by atoms with Crippen molar-refractivity contribution in [1.82, 2.24) is 20.2 Å². The third kappa shape index (κ3) is 3.98. The molecule has 0 aliphatic carbocycles. The van der Waals surface area contributed by atoms with E-state index in [0.29, 0.717) is 0 Å². The Morgan fingerprint density at radius 3 is 2.39 bits per heavy atom. The molecular weight excluding hydrogens is 356 g/mol. The molecule has 0 unspecified atom stereocenters. The topological polar surface area (TPSA) is 70.9 Å². The molecule has 2 heterocycles. The van der Waals surface area contributed by atoms with Crippen LogP contribution in [0.1, 0.15) is 45.1 Å². The maximum Gasteiger partial charge on any atom is 0.214 e. The van der Waals surface area contributed by atoms with Gasteiger partial charge in [-0.3, -0.25) is 0 Å². The molecular formula is C20H34N6O2+2. The number of hydrogen-bond acceptors (Lipinski definition) is 5. The van der Waals surface area contributed by atoms with Crippen molar-refractivity contribution in [1.29, 1.82) is 0 Å². The highest BCUT2D eigenvalue weighted by atomic mass is 16.5. The Morgan fingerprint density at radius 1 is 1.11 bits per heavy atom. The Bertz CT molecular complexity index is 777. The normalized spacial score (nSPS) is 21.4. The van der Waals surface area contributed by atoms with Gasteiger partial charge < -0.3 is 19.3 Å². The fraction of sp³-hybridized carbons (Fsp3) is 0.650. The summed E-state index contributed by atoms with van der Waals surface area (Å²) in [7, 11) is 3.37. The number of ether oxygens (including phenoxy) is 2. The van der Waals surface area contributed by atoms with Gasteiger partial charge >= 0.3 is 0 Å². The quantitative estimate of drug-likeness (QED) is 0.685. The third-order valence-electron chi connectivity index (χ3n) is 5.64. The standard InChI is InChI=1S/C20H32N6O2/c1-7-24-11-13-25(14-12-24)17(19-21-22-23-26(19)20(2,3)4)15-9-8-10-16(27-5)18(15)28-6/h8-10,17H,7,11-14H2,1-6H3/p+2/t17-/m0/s1. The average Bonchev–Trinajstić information content (AvgIpc) is 3.18. The summed E-state index contributed by atoms with van der Waals surface area (Å²) in [6.07, 6.45) is 0. The first kappa shape index (κ1) is 20.5. The Labute approximate surface area is 167 Å². The van der Waals surface area contributed by atoms with E-state index >= 15 is 0 Å². The van der Waals surface area contributed by atoms with Gasteiger partial charge in [0.1, 0.15) is 26.2 Å². The number of methoxy groups -OCH3 is 2. The maximum absolute atomic E-state index is 5.78. The molecule has 1 atom stereocenters. The molecule has 1 aliphatic rings. The van der Waals surface area contributed by atoms with Crippen molar-refractivity contribution in [2.24, 2.45) is 0 Å². The second kappa shape index (κ2) is 8.45. The van der Waals surface area contributed by atoms with Crippen molar-refractivity contribution < 1.29 is 19.3 Å². The number of tetrazole rings is 1. The van der Waals surface area contributed by atoms with Crippen LogP contribution in [-0.2, 0) is 5.54 Å². The zero-order valence-corrected chi connectivity index (χ0v) is 18.0. The van der Waals surface area contributed by atoms with Crippen LogP contribution in [0.3, 0.4) is 0 Å². The lowest BCUT2D eigenvalue weighted by Gasteiger charge is -2.35. The number of para-hydroxylation sites is 1. The largest absolute Gasteiger partial charge is 0.493 e. The van der Waals surface area contributed by atoms with Crippen molar-refractivity contribution in [3.8, 4) is 11.5 Å². The molecule has 1 aliphatic heterocycles. The summed E-state index contributed by atoms with van der Waals surface area (Å²) in [6, 6.07) is 6.04. The number of benzene rings is 1. The van der Waals surface area contributed by atoms with Gasteiger partial charge in [-0.15, -0.1) is 5.10 Å². The Balaban J connectivity index is 2.11. The van der Waals surface area contributed by atoms with Gasteiger partial charge in [-0.1, -0.05) is 6.07 Å². The summed E-state index contributed by atoms with van der Waals surface area (Å²) < 4.78 is 13.3. The lowest BCUT2D eigenvalue weighted by Crippen LogP contribution is -3.28. The van der Waals surface area contributed by atoms with Crippen LogP contribution in [-0.4, -0.2) is 67.2 Å². The van der Waals surface area contributed by atoms with E-state index in [2.05, 4.69) is 49.3 Å². The van der Waals surface area contributed by atoms with E-state index < -0.39 is 0 Å². The smallest absolute Gasteiger partial charge is 0.214 e. The first-order chi connectivity index (χ1) is 13.4. The summed E-state index contributed by atoms with van der Waals surface area (Å²) in [5.74, 6) is 2.36. The van der Waals surface area contributed by atoms with Crippen molar-refractivity contribution in [3.05, 3.63) is 29.6 Å². The van der Waals surface area contributed by atoms with E-state index in [-0.39, 0.29) is 11.6 Å². The lowest BCUT2D eigenvalue weighted by molar-refractivity contribution is -1.02. The third-order valence-corrected chi connectivity index (χ3v) is 5.64. The minimum Gasteiger partial charge on any atom is -0.493 e. The van der Waals surface area contributed by atoms with Crippen molar-refractivity contribution in [2.75, 3.05) is 46.9 Å². The van der Waals surface area contributed by atoms with E-state index in [1.807, 2.05) is 16.8 Å². The minimum atomic E-state index is -0.209. The molecule has 0 spiro atoms. The molecule has 8 heteroatoms. The van der Waals surface area contributed by atoms with Gasteiger partial charge in [-0.2, -0.15) is 0 Å². The van der Waals surface area contributed by atoms with Crippen LogP contribution in [0.5, 0.6) is 11.5 Å². The van der Waals surface area contributed by atoms with Gasteiger partial charge in [-0.25, -0.2) is 4.68 Å². The van der Waals surface area contributed by atoms with Crippen LogP contribution in [0.4, 0.5) is 0 Å². The molecule has 1 aromatic heterocycles. The Kier molecular flexibility index (Phi) is 6.20. The van der Waals surface area contributed by atoms with Gasteiger partial charge in [0.25, 0.3) is 0 Å². The zero-order chi connectivity index (χ0) is 20.3. The van der Waals surface area contributed by atoms with Gasteiger partial charge in [0.2, 0.25) is 5.82 Å². The molecule has 2 N–H and O–H groups in total. The summed E-state index contributed by atoms with van der Waals surface area (Å²) in [5, 5.41) is 12.8. The van der Waals surface area contributed by atoms with Gasteiger partial charge in [0.05, 0.1) is 31.9 Å². The molecule has 0 saturated carbocycles. The first-order valence-corrected chi connectivity index (χ1v) is 10.1. The van der Waals surface area contributed by atoms with Crippen molar-refractivity contribution >= 4 is 0 Å². The van der Waals surface area contributed by atoms with E-state index in [1.165, 1.54) is 11.4 Å². The zero-order valence-electron chi connectivity index (χ0n) is 18.0. The van der Waals surface area contributed by atoms with Crippen LogP contribution in [0.25, 0.3) is 0 Å². The fourth-order valence-corrected chi connectivity index (χ4v) is 4.10. The van der Waals surface area contributed by atoms with Gasteiger partial charge in [0.15, 0.2) is 17.5 Å². The second-order valence-corrected chi connectivity index (χ2v) is 8.40. The number of quaternary nitrogens is 2. The fourth-order valence-electron chi connectivity index (χ4n) is 4.10. The molecule has 8 nitrogen and oxygen atoms in total. The van der Waals surface area contributed by atoms with Crippen LogP contribution < -0.4 is 19.3 Å². The Hall–Kier alpha value is -2.19. The predicted octanol–water partition coefficient (Wildman–Crippen LogP) is -0.662. The number of likely N-dealkylation sites (N-methyl/N-ethyl adjacent to an activating group) is 1. The van der Waals surface area contributed by atoms with Crippen LogP contribution in [0, 0.1) is 0 Å². The number of hydrogen-bond donors (Lipinski definition) is 2. The average molecular weight is 391 g/mol. The number of aromatic nitrogens is 4. The molecule has 1 fully saturated rings. The number of rotatable bonds is 6. The second-order valence-electron chi connectivity index (χ2n) is 8.40. The highest BCUT2D eigenvalue weighted by molar-refractivity contribution is 5.48. The summed E-state index contributed by atoms with van der Waals surface area (Å²) in [5.41, 5.74) is 0.858. The lowest BCUT2D eigenvalue weighted by atomic mass is 10.00. The molecule has 28 heavy (non-hydrogen) atoms. The molecule has 0 radical (unpaired) electrons. The summed E-state index contributed by atoms with van der Waals surface area (Å²) in [4.78, 5) is 3.11. The van der Waals surface area contributed by atoms with Crippen molar-refractivity contribution in [2.45, 2.75) is 39.3 Å². The molecule has 0 bridgehead atoms. The Morgan fingerprint density at radius 2 is 1.82 bits per heavy atom. The monoisotopic (exact) mass is 390 g/mol. The van der Waals surface area contributed by atoms with Crippen LogP contribution in [0.2, 0.25) is 0 Å². The molecule has 0 amide bonds. The first-order valence-electron chi connectivity index (χ1n) is 10.1. The molecule has 2 aromatic rings. The van der Waals surface area contributed by atoms with Gasteiger partial charge in [0, 0.05) is 0 Å². The van der Waals surface area contributed by atoms with E-state index in [9.17, 15) is 0 Å². The van der Waals surface area contributed by atoms with E-state index in [1.54, 1.807) is 19.1 Å². The molecule has 1 aromatic carbocycles. The van der Waals surface area contributed by atoms with Crippen LogP contribution >= 0.6 is 0 Å². The predicted molar refractivity (Wildman–Crippen MR) is 106 cm³/mol. The summed E-state index contributed by atoms with van der Waals surface area (Å²) >= 11 is 0. The van der Waals surface area contributed by atoms with Crippen LogP contribution in [0.15, 0.2) is 18.2 Å². The number of piperazine rings is 1.